The van der Waals surface area contributed by atoms with E-state index in [9.17, 15) is 8.42 Å². The van der Waals surface area contributed by atoms with Crippen molar-refractivity contribution in [3.63, 3.8) is 0 Å². The quantitative estimate of drug-likeness (QED) is 0.833. The molecule has 0 aromatic carbocycles. The SMILES string of the molecule is Cc1cn(C)c(C2CCCN(C3CCN(S(C)(=O)=O)CC3)C2)n1. The number of sulfonamides is 1. The molecule has 3 heterocycles. The molecule has 0 spiro atoms. The van der Waals surface area contributed by atoms with E-state index in [1.54, 1.807) is 4.31 Å². The highest BCUT2D eigenvalue weighted by Crippen LogP contribution is 2.29. The second-order valence-electron chi connectivity index (χ2n) is 7.08. The van der Waals surface area contributed by atoms with Crippen LogP contribution in [0.25, 0.3) is 0 Å². The molecule has 23 heavy (non-hydrogen) atoms. The van der Waals surface area contributed by atoms with Crippen LogP contribution in [0.4, 0.5) is 0 Å². The molecule has 7 heteroatoms. The van der Waals surface area contributed by atoms with Crippen LogP contribution >= 0.6 is 0 Å². The maximum Gasteiger partial charge on any atom is 0.211 e. The van der Waals surface area contributed by atoms with Crippen molar-refractivity contribution < 1.29 is 8.42 Å². The van der Waals surface area contributed by atoms with Gasteiger partial charge in [-0.25, -0.2) is 17.7 Å². The largest absolute Gasteiger partial charge is 0.337 e. The van der Waals surface area contributed by atoms with E-state index in [-0.39, 0.29) is 0 Å². The number of aryl methyl sites for hydroxylation is 2. The second-order valence-corrected chi connectivity index (χ2v) is 9.06. The Labute approximate surface area is 139 Å². The fourth-order valence-electron chi connectivity index (χ4n) is 4.10. The highest BCUT2D eigenvalue weighted by molar-refractivity contribution is 7.88. The van der Waals surface area contributed by atoms with Gasteiger partial charge in [-0.3, -0.25) is 4.90 Å². The Morgan fingerprint density at radius 1 is 1.17 bits per heavy atom. The molecule has 1 aromatic heterocycles. The number of rotatable bonds is 3. The topological polar surface area (TPSA) is 58.4 Å². The third-order valence-corrected chi connectivity index (χ3v) is 6.56. The van der Waals surface area contributed by atoms with Crippen molar-refractivity contribution in [3.8, 4) is 0 Å². The molecule has 1 unspecified atom stereocenters. The lowest BCUT2D eigenvalue weighted by Crippen LogP contribution is -2.49. The minimum atomic E-state index is -3.04. The molecule has 0 N–H and O–H groups in total. The third kappa shape index (κ3) is 3.78. The molecule has 6 nitrogen and oxygen atoms in total. The summed E-state index contributed by atoms with van der Waals surface area (Å²) < 4.78 is 27.1. The summed E-state index contributed by atoms with van der Waals surface area (Å²) in [5, 5.41) is 0. The summed E-state index contributed by atoms with van der Waals surface area (Å²) in [5.74, 6) is 1.69. The van der Waals surface area contributed by atoms with Gasteiger partial charge >= 0.3 is 0 Å². The van der Waals surface area contributed by atoms with Crippen LogP contribution in [-0.4, -0.2) is 65.7 Å². The Kier molecular flexibility index (Phi) is 4.80. The van der Waals surface area contributed by atoms with Crippen LogP contribution in [0.2, 0.25) is 0 Å². The fraction of sp³-hybridized carbons (Fsp3) is 0.812. The molecule has 0 bridgehead atoms. The second kappa shape index (κ2) is 6.53. The maximum absolute atomic E-state index is 11.6. The first kappa shape index (κ1) is 16.9. The number of hydrogen-bond acceptors (Lipinski definition) is 4. The number of aromatic nitrogens is 2. The zero-order valence-corrected chi connectivity index (χ0v) is 15.2. The Bertz CT molecular complexity index is 647. The van der Waals surface area contributed by atoms with Crippen LogP contribution in [0.1, 0.15) is 43.1 Å². The lowest BCUT2D eigenvalue weighted by Gasteiger charge is -2.41. The van der Waals surface area contributed by atoms with Crippen molar-refractivity contribution >= 4 is 10.0 Å². The number of likely N-dealkylation sites (tertiary alicyclic amines) is 1. The lowest BCUT2D eigenvalue weighted by molar-refractivity contribution is 0.105. The van der Waals surface area contributed by atoms with Gasteiger partial charge < -0.3 is 4.57 Å². The molecule has 0 saturated carbocycles. The van der Waals surface area contributed by atoms with Gasteiger partial charge in [0.05, 0.1) is 11.9 Å². The van der Waals surface area contributed by atoms with E-state index in [4.69, 9.17) is 4.98 Å². The average Bonchev–Trinajstić information content (AvgIpc) is 2.85. The average molecular weight is 340 g/mol. The van der Waals surface area contributed by atoms with Gasteiger partial charge in [-0.1, -0.05) is 0 Å². The van der Waals surface area contributed by atoms with Gasteiger partial charge in [0.2, 0.25) is 10.0 Å². The van der Waals surface area contributed by atoms with Crippen LogP contribution < -0.4 is 0 Å². The molecule has 2 fully saturated rings. The molecule has 2 saturated heterocycles. The molecular weight excluding hydrogens is 312 g/mol. The Balaban J connectivity index is 1.62. The molecule has 0 aliphatic carbocycles. The zero-order chi connectivity index (χ0) is 16.6. The summed E-state index contributed by atoms with van der Waals surface area (Å²) in [4.78, 5) is 7.27. The van der Waals surface area contributed by atoms with Crippen molar-refractivity contribution in [2.45, 2.75) is 44.6 Å². The van der Waals surface area contributed by atoms with Crippen molar-refractivity contribution in [3.05, 3.63) is 17.7 Å². The first-order chi connectivity index (χ1) is 10.8. The molecule has 0 radical (unpaired) electrons. The van der Waals surface area contributed by atoms with E-state index in [1.165, 1.54) is 24.9 Å². The van der Waals surface area contributed by atoms with Gasteiger partial charge in [0.1, 0.15) is 5.82 Å². The van der Waals surface area contributed by atoms with Crippen molar-refractivity contribution in [1.29, 1.82) is 0 Å². The van der Waals surface area contributed by atoms with Crippen LogP contribution in [0.3, 0.4) is 0 Å². The van der Waals surface area contributed by atoms with Crippen LogP contribution in [-0.2, 0) is 17.1 Å². The van der Waals surface area contributed by atoms with Crippen LogP contribution in [0, 0.1) is 6.92 Å². The molecule has 1 atom stereocenters. The maximum atomic E-state index is 11.6. The summed E-state index contributed by atoms with van der Waals surface area (Å²) in [6, 6.07) is 0.511. The van der Waals surface area contributed by atoms with E-state index in [1.807, 2.05) is 6.92 Å². The smallest absolute Gasteiger partial charge is 0.211 e. The van der Waals surface area contributed by atoms with Gasteiger partial charge in [0.25, 0.3) is 0 Å². The Morgan fingerprint density at radius 2 is 1.87 bits per heavy atom. The summed E-state index contributed by atoms with van der Waals surface area (Å²) >= 11 is 0. The highest BCUT2D eigenvalue weighted by Gasteiger charge is 2.32. The summed E-state index contributed by atoms with van der Waals surface area (Å²) in [5.41, 5.74) is 1.08. The molecule has 0 amide bonds. The van der Waals surface area contributed by atoms with Crippen molar-refractivity contribution in [2.24, 2.45) is 7.05 Å². The van der Waals surface area contributed by atoms with Crippen molar-refractivity contribution in [2.75, 3.05) is 32.4 Å². The Hall–Kier alpha value is -0.920. The molecule has 2 aliphatic heterocycles. The Morgan fingerprint density at radius 3 is 2.43 bits per heavy atom. The summed E-state index contributed by atoms with van der Waals surface area (Å²) in [6.45, 7) is 5.54. The van der Waals surface area contributed by atoms with E-state index >= 15 is 0 Å². The van der Waals surface area contributed by atoms with E-state index in [2.05, 4.69) is 22.7 Å². The normalized spacial score (nSPS) is 25.8. The lowest BCUT2D eigenvalue weighted by atomic mass is 9.93. The molecular formula is C16H28N4O2S. The van der Waals surface area contributed by atoms with E-state index < -0.39 is 10.0 Å². The van der Waals surface area contributed by atoms with Gasteiger partial charge in [0.15, 0.2) is 0 Å². The van der Waals surface area contributed by atoms with Crippen LogP contribution in [0.15, 0.2) is 6.20 Å². The molecule has 2 aliphatic rings. The first-order valence-corrected chi connectivity index (χ1v) is 10.4. The van der Waals surface area contributed by atoms with Crippen LogP contribution in [0.5, 0.6) is 0 Å². The molecule has 1 aromatic rings. The van der Waals surface area contributed by atoms with Gasteiger partial charge in [-0.15, -0.1) is 0 Å². The highest BCUT2D eigenvalue weighted by atomic mass is 32.2. The van der Waals surface area contributed by atoms with Gasteiger partial charge in [-0.2, -0.15) is 0 Å². The molecule has 3 rings (SSSR count). The fourth-order valence-corrected chi connectivity index (χ4v) is 4.98. The van der Waals surface area contributed by atoms with Gasteiger partial charge in [-0.05, 0) is 39.2 Å². The predicted octanol–water partition coefficient (Wildman–Crippen LogP) is 1.33. The summed E-state index contributed by atoms with van der Waals surface area (Å²) in [6.07, 6.45) is 7.69. The minimum absolute atomic E-state index is 0.496. The van der Waals surface area contributed by atoms with Crippen molar-refractivity contribution in [1.82, 2.24) is 18.8 Å². The number of hydrogen-bond donors (Lipinski definition) is 0. The monoisotopic (exact) mass is 340 g/mol. The molecule has 130 valence electrons. The van der Waals surface area contributed by atoms with Gasteiger partial charge in [0, 0.05) is 44.8 Å². The third-order valence-electron chi connectivity index (χ3n) is 5.26. The number of imidazole rings is 1. The minimum Gasteiger partial charge on any atom is -0.337 e. The summed E-state index contributed by atoms with van der Waals surface area (Å²) in [7, 11) is -0.953. The predicted molar refractivity (Wildman–Crippen MR) is 90.9 cm³/mol. The number of nitrogens with zero attached hydrogens (tertiary/aromatic N) is 4. The first-order valence-electron chi connectivity index (χ1n) is 8.53. The van der Waals surface area contributed by atoms with E-state index in [0.717, 1.165) is 31.6 Å². The zero-order valence-electron chi connectivity index (χ0n) is 14.4. The van der Waals surface area contributed by atoms with E-state index in [0.29, 0.717) is 25.0 Å². The standard InChI is InChI=1S/C16H28N4O2S/c1-13-11-18(2)16(17-13)14-5-4-8-19(12-14)15-6-9-20(10-7-15)23(3,21)22/h11,14-15H,4-10,12H2,1-3H3. The number of piperidine rings is 2.